The van der Waals surface area contributed by atoms with Gasteiger partial charge in [0.1, 0.15) is 6.42 Å². The second kappa shape index (κ2) is 5.47. The number of rotatable bonds is 6. The fraction of sp³-hybridized carbons (Fsp3) is 0.364. The van der Waals surface area contributed by atoms with Gasteiger partial charge in [0.25, 0.3) is 5.92 Å². The van der Waals surface area contributed by atoms with E-state index in [2.05, 4.69) is 0 Å². The zero-order chi connectivity index (χ0) is 12.9. The van der Waals surface area contributed by atoms with Gasteiger partial charge in [0.15, 0.2) is 18.1 Å². The fourth-order valence-corrected chi connectivity index (χ4v) is 1.19. The first-order valence-electron chi connectivity index (χ1n) is 4.80. The van der Waals surface area contributed by atoms with E-state index in [0.717, 1.165) is 0 Å². The minimum absolute atomic E-state index is 0.153. The van der Waals surface area contributed by atoms with Crippen LogP contribution in [0, 0.1) is 0 Å². The van der Waals surface area contributed by atoms with Gasteiger partial charge in [-0.25, -0.2) is 8.78 Å². The van der Waals surface area contributed by atoms with Crippen LogP contribution in [-0.2, 0) is 4.79 Å². The predicted octanol–water partition coefficient (Wildman–Crippen LogP) is 2.18. The summed E-state index contributed by atoms with van der Waals surface area (Å²) in [5.74, 6) is -4.51. The summed E-state index contributed by atoms with van der Waals surface area (Å²) in [6, 6.07) is 6.30. The van der Waals surface area contributed by atoms with Crippen LogP contribution in [0.25, 0.3) is 0 Å². The third-order valence-corrected chi connectivity index (χ3v) is 1.92. The second-order valence-corrected chi connectivity index (χ2v) is 3.37. The van der Waals surface area contributed by atoms with Crippen molar-refractivity contribution in [2.24, 2.45) is 0 Å². The number of hydrogen-bond donors (Lipinski definition) is 1. The summed E-state index contributed by atoms with van der Waals surface area (Å²) in [6.45, 7) is -1.00. The largest absolute Gasteiger partial charge is 0.493 e. The van der Waals surface area contributed by atoms with E-state index < -0.39 is 24.9 Å². The lowest BCUT2D eigenvalue weighted by Gasteiger charge is -2.16. The third kappa shape index (κ3) is 4.26. The molecule has 17 heavy (non-hydrogen) atoms. The van der Waals surface area contributed by atoms with E-state index in [1.54, 1.807) is 18.2 Å². The highest BCUT2D eigenvalue weighted by atomic mass is 19.3. The molecule has 0 atom stereocenters. The molecule has 0 saturated carbocycles. The SMILES string of the molecule is COc1ccccc1OCC(F)(F)CC(=O)O. The number of benzene rings is 1. The molecular weight excluding hydrogens is 234 g/mol. The van der Waals surface area contributed by atoms with Crippen molar-refractivity contribution < 1.29 is 28.2 Å². The number of carboxylic acid groups (broad SMARTS) is 1. The summed E-state index contributed by atoms with van der Waals surface area (Å²) in [4.78, 5) is 10.2. The average molecular weight is 246 g/mol. The summed E-state index contributed by atoms with van der Waals surface area (Å²) < 4.78 is 35.9. The lowest BCUT2D eigenvalue weighted by molar-refractivity contribution is -0.147. The topological polar surface area (TPSA) is 55.8 Å². The van der Waals surface area contributed by atoms with Gasteiger partial charge in [0.2, 0.25) is 0 Å². The highest BCUT2D eigenvalue weighted by Crippen LogP contribution is 2.28. The molecule has 0 aliphatic rings. The highest BCUT2D eigenvalue weighted by molar-refractivity contribution is 5.67. The Morgan fingerprint density at radius 2 is 1.94 bits per heavy atom. The summed E-state index contributed by atoms with van der Waals surface area (Å²) in [6.07, 6.45) is -1.26. The molecule has 0 fully saturated rings. The van der Waals surface area contributed by atoms with Crippen LogP contribution < -0.4 is 9.47 Å². The van der Waals surface area contributed by atoms with Crippen LogP contribution in [0.2, 0.25) is 0 Å². The quantitative estimate of drug-likeness (QED) is 0.835. The molecule has 0 saturated heterocycles. The molecule has 0 aliphatic carbocycles. The lowest BCUT2D eigenvalue weighted by atomic mass is 10.2. The summed E-state index contributed by atoms with van der Waals surface area (Å²) in [5.41, 5.74) is 0. The Balaban J connectivity index is 2.63. The molecule has 0 spiro atoms. The van der Waals surface area contributed by atoms with Gasteiger partial charge in [-0.2, -0.15) is 0 Å². The summed E-state index contributed by atoms with van der Waals surface area (Å²) >= 11 is 0. The Bertz CT molecular complexity index is 393. The minimum Gasteiger partial charge on any atom is -0.493 e. The van der Waals surface area contributed by atoms with E-state index >= 15 is 0 Å². The van der Waals surface area contributed by atoms with Crippen LogP contribution >= 0.6 is 0 Å². The maximum atomic E-state index is 13.0. The van der Waals surface area contributed by atoms with Crippen LogP contribution in [0.1, 0.15) is 6.42 Å². The molecule has 1 aromatic carbocycles. The molecule has 0 radical (unpaired) electrons. The normalized spacial score (nSPS) is 11.0. The molecule has 4 nitrogen and oxygen atoms in total. The van der Waals surface area contributed by atoms with Crippen molar-refractivity contribution in [3.63, 3.8) is 0 Å². The molecule has 94 valence electrons. The number of hydrogen-bond acceptors (Lipinski definition) is 3. The van der Waals surface area contributed by atoms with Crippen LogP contribution in [0.5, 0.6) is 11.5 Å². The Morgan fingerprint density at radius 1 is 1.35 bits per heavy atom. The molecule has 1 rings (SSSR count). The number of methoxy groups -OCH3 is 1. The van der Waals surface area contributed by atoms with Crippen LogP contribution in [0.3, 0.4) is 0 Å². The zero-order valence-electron chi connectivity index (χ0n) is 9.15. The van der Waals surface area contributed by atoms with E-state index in [9.17, 15) is 13.6 Å². The zero-order valence-corrected chi connectivity index (χ0v) is 9.15. The number of carbonyl (C=O) groups is 1. The molecule has 0 aliphatic heterocycles. The molecule has 0 unspecified atom stereocenters. The molecule has 0 aromatic heterocycles. The Labute approximate surface area is 96.8 Å². The van der Waals surface area contributed by atoms with Crippen molar-refractivity contribution in [3.05, 3.63) is 24.3 Å². The van der Waals surface area contributed by atoms with Crippen molar-refractivity contribution in [3.8, 4) is 11.5 Å². The minimum atomic E-state index is -3.41. The van der Waals surface area contributed by atoms with Gasteiger partial charge in [0, 0.05) is 0 Å². The Kier molecular flexibility index (Phi) is 4.25. The van der Waals surface area contributed by atoms with Crippen molar-refractivity contribution in [2.75, 3.05) is 13.7 Å². The third-order valence-electron chi connectivity index (χ3n) is 1.92. The van der Waals surface area contributed by atoms with E-state index in [1.807, 2.05) is 0 Å². The number of carboxylic acids is 1. The van der Waals surface area contributed by atoms with Crippen molar-refractivity contribution in [2.45, 2.75) is 12.3 Å². The van der Waals surface area contributed by atoms with Gasteiger partial charge in [-0.05, 0) is 12.1 Å². The average Bonchev–Trinajstić information content (AvgIpc) is 2.25. The first-order valence-corrected chi connectivity index (χ1v) is 4.80. The van der Waals surface area contributed by atoms with Crippen molar-refractivity contribution in [1.29, 1.82) is 0 Å². The van der Waals surface area contributed by atoms with Crippen molar-refractivity contribution in [1.82, 2.24) is 0 Å². The lowest BCUT2D eigenvalue weighted by Crippen LogP contribution is -2.28. The maximum absolute atomic E-state index is 13.0. The van der Waals surface area contributed by atoms with E-state index in [0.29, 0.717) is 5.75 Å². The van der Waals surface area contributed by atoms with Gasteiger partial charge in [-0.1, -0.05) is 12.1 Å². The van der Waals surface area contributed by atoms with Gasteiger partial charge in [-0.15, -0.1) is 0 Å². The number of halogens is 2. The molecule has 1 N–H and O–H groups in total. The molecule has 6 heteroatoms. The molecule has 0 amide bonds. The van der Waals surface area contributed by atoms with Crippen LogP contribution in [0.15, 0.2) is 24.3 Å². The summed E-state index contributed by atoms with van der Waals surface area (Å²) in [7, 11) is 1.39. The molecule has 0 bridgehead atoms. The van der Waals surface area contributed by atoms with Crippen LogP contribution in [-0.4, -0.2) is 30.7 Å². The number of alkyl halides is 2. The summed E-state index contributed by atoms with van der Waals surface area (Å²) in [5, 5.41) is 8.29. The molecular formula is C11H12F2O4. The maximum Gasteiger partial charge on any atom is 0.309 e. The first-order chi connectivity index (χ1) is 7.94. The molecule has 1 aromatic rings. The second-order valence-electron chi connectivity index (χ2n) is 3.37. The van der Waals surface area contributed by atoms with Gasteiger partial charge >= 0.3 is 5.97 Å². The fourth-order valence-electron chi connectivity index (χ4n) is 1.19. The number of para-hydroxylation sites is 2. The smallest absolute Gasteiger partial charge is 0.309 e. The van der Waals surface area contributed by atoms with Gasteiger partial charge in [0.05, 0.1) is 7.11 Å². The van der Waals surface area contributed by atoms with Gasteiger partial charge < -0.3 is 14.6 Å². The van der Waals surface area contributed by atoms with E-state index in [4.69, 9.17) is 14.6 Å². The first kappa shape index (κ1) is 13.2. The number of ether oxygens (including phenoxy) is 2. The monoisotopic (exact) mass is 246 g/mol. The standard InChI is InChI=1S/C11H12F2O4/c1-16-8-4-2-3-5-9(8)17-7-11(12,13)6-10(14)15/h2-5H,6-7H2,1H3,(H,14,15). The van der Waals surface area contributed by atoms with Crippen LogP contribution in [0.4, 0.5) is 8.78 Å². The van der Waals surface area contributed by atoms with Gasteiger partial charge in [-0.3, -0.25) is 4.79 Å². The number of aliphatic carboxylic acids is 1. The van der Waals surface area contributed by atoms with E-state index in [-0.39, 0.29) is 5.75 Å². The highest BCUT2D eigenvalue weighted by Gasteiger charge is 2.33. The molecule has 0 heterocycles. The Hall–Kier alpha value is -1.85. The van der Waals surface area contributed by atoms with Crippen molar-refractivity contribution >= 4 is 5.97 Å². The Morgan fingerprint density at radius 3 is 2.47 bits per heavy atom. The predicted molar refractivity (Wildman–Crippen MR) is 55.7 cm³/mol. The van der Waals surface area contributed by atoms with E-state index in [1.165, 1.54) is 13.2 Å².